The molecule has 2 N–H and O–H groups in total. The van der Waals surface area contributed by atoms with Gasteiger partial charge >= 0.3 is 0 Å². The van der Waals surface area contributed by atoms with Crippen molar-refractivity contribution in [2.75, 3.05) is 32.7 Å². The minimum Gasteiger partial charge on any atom is -0.336 e. The molecule has 1 aromatic heterocycles. The Bertz CT molecular complexity index is 553. The molecule has 2 fully saturated rings. The zero-order valence-electron chi connectivity index (χ0n) is 14.9. The maximum absolute atomic E-state index is 12.8. The van der Waals surface area contributed by atoms with Crippen LogP contribution >= 0.6 is 0 Å². The highest BCUT2D eigenvalue weighted by molar-refractivity contribution is 5.92. The third-order valence-electron chi connectivity index (χ3n) is 5.11. The molecule has 0 aromatic carbocycles. The van der Waals surface area contributed by atoms with Crippen molar-refractivity contribution in [2.45, 2.75) is 45.7 Å². The highest BCUT2D eigenvalue weighted by atomic mass is 16.2. The van der Waals surface area contributed by atoms with Gasteiger partial charge in [0.25, 0.3) is 5.91 Å². The number of rotatable bonds is 6. The van der Waals surface area contributed by atoms with Crippen LogP contribution in [0.25, 0.3) is 0 Å². The molecule has 1 amide bonds. The van der Waals surface area contributed by atoms with Crippen molar-refractivity contribution in [1.82, 2.24) is 24.8 Å². The van der Waals surface area contributed by atoms with Gasteiger partial charge in [-0.3, -0.25) is 14.4 Å². The van der Waals surface area contributed by atoms with Crippen LogP contribution in [0.2, 0.25) is 0 Å². The average Bonchev–Trinajstić information content (AvgIpc) is 3.29. The average molecular weight is 334 g/mol. The van der Waals surface area contributed by atoms with Gasteiger partial charge in [-0.15, -0.1) is 5.10 Å². The lowest BCUT2D eigenvalue weighted by molar-refractivity contribution is 0.0698. The predicted molar refractivity (Wildman–Crippen MR) is 92.5 cm³/mol. The number of aromatic nitrogens is 3. The molecule has 1 saturated carbocycles. The van der Waals surface area contributed by atoms with Gasteiger partial charge in [0.2, 0.25) is 0 Å². The van der Waals surface area contributed by atoms with Gasteiger partial charge in [0, 0.05) is 38.8 Å². The highest BCUT2D eigenvalue weighted by Gasteiger charge is 2.33. The van der Waals surface area contributed by atoms with Gasteiger partial charge in [-0.1, -0.05) is 19.1 Å². The van der Waals surface area contributed by atoms with E-state index < -0.39 is 0 Å². The summed E-state index contributed by atoms with van der Waals surface area (Å²) in [5.74, 6) is 1.41. The Labute approximate surface area is 144 Å². The molecular formula is C17H30N6O. The van der Waals surface area contributed by atoms with Gasteiger partial charge in [-0.25, -0.2) is 0 Å². The lowest BCUT2D eigenvalue weighted by Crippen LogP contribution is -2.46. The minimum absolute atomic E-state index is 0.00260. The number of nitrogens with two attached hydrogens (primary N) is 1. The van der Waals surface area contributed by atoms with Gasteiger partial charge in [-0.05, 0) is 31.1 Å². The summed E-state index contributed by atoms with van der Waals surface area (Å²) in [6, 6.07) is 0.427. The number of hydrogen-bond acceptors (Lipinski definition) is 5. The molecule has 0 spiro atoms. The number of nitrogens with zero attached hydrogens (tertiary/aromatic N) is 5. The van der Waals surface area contributed by atoms with Crippen LogP contribution in [0, 0.1) is 11.8 Å². The largest absolute Gasteiger partial charge is 0.336 e. The van der Waals surface area contributed by atoms with E-state index in [1.807, 2.05) is 4.90 Å². The second-order valence-corrected chi connectivity index (χ2v) is 7.51. The summed E-state index contributed by atoms with van der Waals surface area (Å²) in [6.07, 6.45) is 5.48. The van der Waals surface area contributed by atoms with Crippen molar-refractivity contribution in [3.05, 3.63) is 11.9 Å². The number of amides is 1. The molecule has 7 heteroatoms. The summed E-state index contributed by atoms with van der Waals surface area (Å²) < 4.78 is 1.64. The molecule has 0 unspecified atom stereocenters. The van der Waals surface area contributed by atoms with Gasteiger partial charge in [0.15, 0.2) is 5.69 Å². The first kappa shape index (κ1) is 17.4. The van der Waals surface area contributed by atoms with Crippen molar-refractivity contribution in [3.63, 3.8) is 0 Å². The molecule has 24 heavy (non-hydrogen) atoms. The Balaban J connectivity index is 1.68. The van der Waals surface area contributed by atoms with E-state index in [1.165, 1.54) is 19.4 Å². The van der Waals surface area contributed by atoms with Crippen LogP contribution in [0.1, 0.15) is 43.6 Å². The van der Waals surface area contributed by atoms with Crippen molar-refractivity contribution >= 4 is 5.91 Å². The summed E-state index contributed by atoms with van der Waals surface area (Å²) in [4.78, 5) is 17.4. The van der Waals surface area contributed by atoms with Gasteiger partial charge in [-0.2, -0.15) is 0 Å². The van der Waals surface area contributed by atoms with E-state index in [2.05, 4.69) is 29.1 Å². The molecule has 1 aromatic rings. The normalized spacial score (nSPS) is 22.8. The summed E-state index contributed by atoms with van der Waals surface area (Å²) in [7, 11) is 0. The van der Waals surface area contributed by atoms with Crippen molar-refractivity contribution in [3.8, 4) is 0 Å². The molecule has 1 saturated heterocycles. The lowest BCUT2D eigenvalue weighted by Gasteiger charge is -2.34. The Morgan fingerprint density at radius 2 is 2.17 bits per heavy atom. The van der Waals surface area contributed by atoms with Gasteiger partial charge in [0.1, 0.15) is 0 Å². The molecule has 0 radical (unpaired) electrons. The zero-order chi connectivity index (χ0) is 17.1. The Hall–Kier alpha value is -1.47. The molecule has 1 aliphatic heterocycles. The summed E-state index contributed by atoms with van der Waals surface area (Å²) in [5.41, 5.74) is 5.96. The second kappa shape index (κ2) is 7.61. The Kier molecular flexibility index (Phi) is 5.50. The van der Waals surface area contributed by atoms with Crippen LogP contribution < -0.4 is 5.73 Å². The van der Waals surface area contributed by atoms with E-state index >= 15 is 0 Å². The monoisotopic (exact) mass is 334 g/mol. The fourth-order valence-corrected chi connectivity index (χ4v) is 3.54. The van der Waals surface area contributed by atoms with E-state index in [1.54, 1.807) is 10.9 Å². The number of carbonyl (C=O) groups excluding carboxylic acids is 1. The topological polar surface area (TPSA) is 80.3 Å². The molecule has 7 nitrogen and oxygen atoms in total. The van der Waals surface area contributed by atoms with Crippen LogP contribution in [-0.2, 0) is 6.54 Å². The molecule has 2 aliphatic rings. The van der Waals surface area contributed by atoms with Gasteiger partial charge in [0.05, 0.1) is 12.7 Å². The fourth-order valence-electron chi connectivity index (χ4n) is 3.54. The molecule has 1 atom stereocenters. The third-order valence-corrected chi connectivity index (χ3v) is 5.11. The van der Waals surface area contributed by atoms with Crippen molar-refractivity contribution < 1.29 is 4.79 Å². The maximum atomic E-state index is 12.8. The molecule has 0 bridgehead atoms. The second-order valence-electron chi connectivity index (χ2n) is 7.51. The number of carbonyl (C=O) groups is 1. The quantitative estimate of drug-likeness (QED) is 0.833. The SMILES string of the molecule is CC(C)[C@H]1CN(C(=O)c2cn(CCN)nn2)CCCN1CC1CC1. The summed E-state index contributed by atoms with van der Waals surface area (Å²) >= 11 is 0. The molecule has 3 rings (SSSR count). The van der Waals surface area contributed by atoms with E-state index in [0.29, 0.717) is 30.7 Å². The summed E-state index contributed by atoms with van der Waals surface area (Å²) in [6.45, 7) is 9.46. The van der Waals surface area contributed by atoms with Crippen LogP contribution in [0.4, 0.5) is 0 Å². The van der Waals surface area contributed by atoms with E-state index in [9.17, 15) is 4.79 Å². The Morgan fingerprint density at radius 1 is 1.38 bits per heavy atom. The van der Waals surface area contributed by atoms with Crippen LogP contribution in [0.15, 0.2) is 6.20 Å². The predicted octanol–water partition coefficient (Wildman–Crippen LogP) is 0.819. The first-order valence-electron chi connectivity index (χ1n) is 9.22. The first-order chi connectivity index (χ1) is 11.6. The van der Waals surface area contributed by atoms with Gasteiger partial charge < -0.3 is 10.6 Å². The molecule has 134 valence electrons. The van der Waals surface area contributed by atoms with Crippen LogP contribution in [0.5, 0.6) is 0 Å². The van der Waals surface area contributed by atoms with E-state index in [-0.39, 0.29) is 5.91 Å². The summed E-state index contributed by atoms with van der Waals surface area (Å²) in [5, 5.41) is 8.03. The molecular weight excluding hydrogens is 304 g/mol. The number of hydrogen-bond donors (Lipinski definition) is 1. The van der Waals surface area contributed by atoms with Crippen LogP contribution in [0.3, 0.4) is 0 Å². The van der Waals surface area contributed by atoms with Crippen molar-refractivity contribution in [1.29, 1.82) is 0 Å². The molecule has 2 heterocycles. The first-order valence-corrected chi connectivity index (χ1v) is 9.22. The molecule has 1 aliphatic carbocycles. The van der Waals surface area contributed by atoms with Crippen LogP contribution in [-0.4, -0.2) is 69.5 Å². The minimum atomic E-state index is -0.00260. The fraction of sp³-hybridized carbons (Fsp3) is 0.824. The van der Waals surface area contributed by atoms with E-state index in [4.69, 9.17) is 5.73 Å². The standard InChI is InChI=1S/C17H30N6O/c1-13(2)16-12-22(8-3-7-21(16)10-14-4-5-14)17(24)15-11-23(9-6-18)20-19-15/h11,13-14,16H,3-10,12,18H2,1-2H3/t16-/m1/s1. The zero-order valence-corrected chi connectivity index (χ0v) is 14.9. The lowest BCUT2D eigenvalue weighted by atomic mass is 10.0. The van der Waals surface area contributed by atoms with Crippen molar-refractivity contribution in [2.24, 2.45) is 17.6 Å². The smallest absolute Gasteiger partial charge is 0.276 e. The third kappa shape index (κ3) is 4.13. The Morgan fingerprint density at radius 3 is 2.83 bits per heavy atom. The maximum Gasteiger partial charge on any atom is 0.276 e. The van der Waals surface area contributed by atoms with E-state index in [0.717, 1.165) is 32.0 Å². The highest BCUT2D eigenvalue weighted by Crippen LogP contribution is 2.32.